The molecule has 0 bridgehead atoms. The molecule has 124 valence electrons. The second-order valence-corrected chi connectivity index (χ2v) is 7.08. The molecule has 0 radical (unpaired) electrons. The number of benzene rings is 1. The van der Waals surface area contributed by atoms with Crippen LogP contribution in [0.4, 0.5) is 13.2 Å². The predicted octanol–water partition coefficient (Wildman–Crippen LogP) is 4.77. The fraction of sp³-hybridized carbons (Fsp3) is 0.625. The first-order valence-corrected chi connectivity index (χ1v) is 8.90. The molecular formula is C16H22F3NOS. The van der Waals surface area contributed by atoms with Crippen molar-refractivity contribution in [3.05, 3.63) is 29.8 Å². The Hall–Kier alpha value is -0.880. The zero-order valence-electron chi connectivity index (χ0n) is 12.7. The van der Waals surface area contributed by atoms with Crippen molar-refractivity contribution in [2.24, 2.45) is 0 Å². The summed E-state index contributed by atoms with van der Waals surface area (Å²) in [6.45, 7) is 2.69. The van der Waals surface area contributed by atoms with Gasteiger partial charge in [-0.15, -0.1) is 0 Å². The highest BCUT2D eigenvalue weighted by Crippen LogP contribution is 2.35. The minimum Gasteiger partial charge on any atom is -0.237 e. The van der Waals surface area contributed by atoms with Crippen molar-refractivity contribution in [2.75, 3.05) is 6.54 Å². The lowest BCUT2D eigenvalue weighted by Gasteiger charge is -2.34. The number of piperidine rings is 1. The Balaban J connectivity index is 2.26. The third-order valence-electron chi connectivity index (χ3n) is 4.06. The molecule has 2 rings (SSSR count). The molecule has 0 saturated carbocycles. The summed E-state index contributed by atoms with van der Waals surface area (Å²) < 4.78 is 53.9. The number of halogens is 3. The maximum Gasteiger partial charge on any atom is 0.417 e. The number of rotatable bonds is 5. The number of nitrogens with zero attached hydrogens (tertiary/aromatic N) is 1. The van der Waals surface area contributed by atoms with E-state index < -0.39 is 22.7 Å². The van der Waals surface area contributed by atoms with Gasteiger partial charge in [0.15, 0.2) is 0 Å². The number of hydrogen-bond donors (Lipinski definition) is 0. The third-order valence-corrected chi connectivity index (χ3v) is 5.70. The zero-order chi connectivity index (χ0) is 16.2. The third kappa shape index (κ3) is 4.10. The van der Waals surface area contributed by atoms with Gasteiger partial charge in [-0.1, -0.05) is 38.3 Å². The summed E-state index contributed by atoms with van der Waals surface area (Å²) in [7, 11) is -1.75. The van der Waals surface area contributed by atoms with Crippen molar-refractivity contribution < 1.29 is 17.4 Å². The summed E-state index contributed by atoms with van der Waals surface area (Å²) in [5.74, 6) is 0. The molecule has 0 aliphatic carbocycles. The molecule has 1 aromatic carbocycles. The van der Waals surface area contributed by atoms with Crippen molar-refractivity contribution in [1.82, 2.24) is 4.31 Å². The number of unbranched alkanes of at least 4 members (excludes halogenated alkanes) is 1. The zero-order valence-corrected chi connectivity index (χ0v) is 13.6. The van der Waals surface area contributed by atoms with Crippen LogP contribution in [0.5, 0.6) is 0 Å². The minimum absolute atomic E-state index is 0.113. The molecule has 1 aliphatic heterocycles. The van der Waals surface area contributed by atoms with Crippen LogP contribution >= 0.6 is 0 Å². The van der Waals surface area contributed by atoms with Gasteiger partial charge >= 0.3 is 6.18 Å². The van der Waals surface area contributed by atoms with Crippen molar-refractivity contribution in [2.45, 2.75) is 62.6 Å². The number of hydrogen-bond acceptors (Lipinski definition) is 1. The highest BCUT2D eigenvalue weighted by molar-refractivity contribution is 7.82. The van der Waals surface area contributed by atoms with Gasteiger partial charge in [-0.2, -0.15) is 13.2 Å². The van der Waals surface area contributed by atoms with Gasteiger partial charge in [-0.3, -0.25) is 0 Å². The molecular weight excluding hydrogens is 311 g/mol. The van der Waals surface area contributed by atoms with Crippen LogP contribution in [-0.4, -0.2) is 21.1 Å². The summed E-state index contributed by atoms with van der Waals surface area (Å²) in [6.07, 6.45) is 1.35. The molecule has 1 fully saturated rings. The Morgan fingerprint density at radius 1 is 1.27 bits per heavy atom. The molecule has 1 heterocycles. The highest BCUT2D eigenvalue weighted by atomic mass is 32.2. The average molecular weight is 333 g/mol. The normalized spacial score (nSPS) is 21.7. The second kappa shape index (κ2) is 7.59. The van der Waals surface area contributed by atoms with E-state index in [0.29, 0.717) is 6.54 Å². The van der Waals surface area contributed by atoms with Crippen LogP contribution in [0.3, 0.4) is 0 Å². The van der Waals surface area contributed by atoms with Crippen molar-refractivity contribution >= 4 is 11.0 Å². The summed E-state index contributed by atoms with van der Waals surface area (Å²) in [5.41, 5.74) is -0.784. The van der Waals surface area contributed by atoms with Crippen LogP contribution in [-0.2, 0) is 17.2 Å². The van der Waals surface area contributed by atoms with Gasteiger partial charge in [0.05, 0.1) is 10.5 Å². The van der Waals surface area contributed by atoms with E-state index in [0.717, 1.165) is 44.6 Å². The van der Waals surface area contributed by atoms with Gasteiger partial charge in [0, 0.05) is 12.6 Å². The molecule has 0 spiro atoms. The lowest BCUT2D eigenvalue weighted by atomic mass is 10.00. The van der Waals surface area contributed by atoms with Crippen LogP contribution in [0, 0.1) is 0 Å². The molecule has 1 aliphatic rings. The van der Waals surface area contributed by atoms with Gasteiger partial charge in [0.1, 0.15) is 11.0 Å². The molecule has 22 heavy (non-hydrogen) atoms. The first kappa shape index (κ1) is 17.5. The van der Waals surface area contributed by atoms with Crippen molar-refractivity contribution in [1.29, 1.82) is 0 Å². The average Bonchev–Trinajstić information content (AvgIpc) is 2.51. The summed E-state index contributed by atoms with van der Waals surface area (Å²) >= 11 is 0. The molecule has 0 amide bonds. The molecule has 0 aromatic heterocycles. The van der Waals surface area contributed by atoms with Gasteiger partial charge in [-0.05, 0) is 31.4 Å². The van der Waals surface area contributed by atoms with Crippen LogP contribution in [0.15, 0.2) is 29.2 Å². The maximum absolute atomic E-state index is 13.1. The SMILES string of the molecule is CCCCC1CCCCN1S(=O)c1ccccc1C(F)(F)F. The fourth-order valence-corrected chi connectivity index (χ4v) is 4.50. The Bertz CT molecular complexity index is 518. The standard InChI is InChI=1S/C16H22F3NOS/c1-2-3-8-13-9-6-7-12-20(13)22(21)15-11-5-4-10-14(15)16(17,18)19/h4-5,10-11,13H,2-3,6-9,12H2,1H3. The van der Waals surface area contributed by atoms with E-state index in [9.17, 15) is 17.4 Å². The van der Waals surface area contributed by atoms with E-state index in [1.165, 1.54) is 18.2 Å². The largest absolute Gasteiger partial charge is 0.417 e. The molecule has 0 N–H and O–H groups in total. The smallest absolute Gasteiger partial charge is 0.237 e. The lowest BCUT2D eigenvalue weighted by molar-refractivity contribution is -0.139. The quantitative estimate of drug-likeness (QED) is 0.760. The predicted molar refractivity (Wildman–Crippen MR) is 81.7 cm³/mol. The fourth-order valence-electron chi connectivity index (χ4n) is 2.90. The lowest BCUT2D eigenvalue weighted by Crippen LogP contribution is -2.41. The molecule has 2 nitrogen and oxygen atoms in total. The van der Waals surface area contributed by atoms with Gasteiger partial charge in [0.2, 0.25) is 0 Å². The van der Waals surface area contributed by atoms with Gasteiger partial charge < -0.3 is 0 Å². The molecule has 2 unspecified atom stereocenters. The van der Waals surface area contributed by atoms with Crippen LogP contribution in [0.2, 0.25) is 0 Å². The molecule has 1 saturated heterocycles. The Morgan fingerprint density at radius 2 is 2.00 bits per heavy atom. The van der Waals surface area contributed by atoms with E-state index in [4.69, 9.17) is 0 Å². The van der Waals surface area contributed by atoms with E-state index in [2.05, 4.69) is 6.92 Å². The Labute approximate surface area is 132 Å². The highest BCUT2D eigenvalue weighted by Gasteiger charge is 2.37. The Kier molecular flexibility index (Phi) is 6.03. The summed E-state index contributed by atoms with van der Waals surface area (Å²) in [5, 5.41) is 0. The van der Waals surface area contributed by atoms with E-state index >= 15 is 0 Å². The topological polar surface area (TPSA) is 20.3 Å². The van der Waals surface area contributed by atoms with Crippen molar-refractivity contribution in [3.63, 3.8) is 0 Å². The second-order valence-electron chi connectivity index (χ2n) is 5.68. The van der Waals surface area contributed by atoms with Crippen LogP contribution in [0.25, 0.3) is 0 Å². The van der Waals surface area contributed by atoms with E-state index in [1.54, 1.807) is 4.31 Å². The van der Waals surface area contributed by atoms with E-state index in [1.807, 2.05) is 0 Å². The Morgan fingerprint density at radius 3 is 2.68 bits per heavy atom. The molecule has 6 heteroatoms. The van der Waals surface area contributed by atoms with Crippen LogP contribution < -0.4 is 0 Å². The van der Waals surface area contributed by atoms with E-state index in [-0.39, 0.29) is 10.9 Å². The minimum atomic E-state index is -4.47. The molecule has 2 atom stereocenters. The monoisotopic (exact) mass is 333 g/mol. The summed E-state index contributed by atoms with van der Waals surface area (Å²) in [6, 6.07) is 5.33. The number of alkyl halides is 3. The van der Waals surface area contributed by atoms with Gasteiger partial charge in [-0.25, -0.2) is 8.51 Å². The van der Waals surface area contributed by atoms with Crippen molar-refractivity contribution in [3.8, 4) is 0 Å². The molecule has 1 aromatic rings. The first-order valence-electron chi connectivity index (χ1n) is 7.80. The maximum atomic E-state index is 13.1. The van der Waals surface area contributed by atoms with Gasteiger partial charge in [0.25, 0.3) is 0 Å². The first-order chi connectivity index (χ1) is 10.4. The van der Waals surface area contributed by atoms with Crippen LogP contribution in [0.1, 0.15) is 51.0 Å². The summed E-state index contributed by atoms with van der Waals surface area (Å²) in [4.78, 5) is -0.113.